The van der Waals surface area contributed by atoms with Crippen LogP contribution in [-0.2, 0) is 11.3 Å². The fraction of sp³-hybridized carbons (Fsp3) is 0.381. The van der Waals surface area contributed by atoms with Crippen LogP contribution in [0.2, 0.25) is 5.02 Å². The van der Waals surface area contributed by atoms with E-state index in [1.807, 2.05) is 24.3 Å². The maximum absolute atomic E-state index is 6.07. The minimum absolute atomic E-state index is 0.163. The van der Waals surface area contributed by atoms with Gasteiger partial charge in [0.2, 0.25) is 6.79 Å². The van der Waals surface area contributed by atoms with E-state index < -0.39 is 0 Å². The van der Waals surface area contributed by atoms with Crippen LogP contribution in [0.25, 0.3) is 0 Å². The van der Waals surface area contributed by atoms with Crippen molar-refractivity contribution in [2.45, 2.75) is 25.5 Å². The molecule has 1 atom stereocenters. The minimum Gasteiger partial charge on any atom is -0.495 e. The van der Waals surface area contributed by atoms with Gasteiger partial charge in [-0.15, -0.1) is 0 Å². The molecule has 4 rings (SSSR count). The first kappa shape index (κ1) is 20.1. The maximum atomic E-state index is 6.07. The molecule has 1 fully saturated rings. The molecule has 2 aliphatic rings. The molecule has 0 amide bonds. The number of benzene rings is 2. The molecule has 0 saturated carbocycles. The summed E-state index contributed by atoms with van der Waals surface area (Å²) in [6.45, 7) is 2.39. The molecule has 0 bridgehead atoms. The highest BCUT2D eigenvalue weighted by atomic mass is 35.5. The number of fused-ring (bicyclic) bond motifs is 1. The van der Waals surface area contributed by atoms with Gasteiger partial charge in [0.15, 0.2) is 16.6 Å². The van der Waals surface area contributed by atoms with Gasteiger partial charge in [-0.1, -0.05) is 17.7 Å². The Morgan fingerprint density at radius 1 is 1.24 bits per heavy atom. The molecule has 0 unspecified atom stereocenters. The van der Waals surface area contributed by atoms with Gasteiger partial charge in [0, 0.05) is 30.8 Å². The van der Waals surface area contributed by atoms with Crippen molar-refractivity contribution in [3.63, 3.8) is 0 Å². The van der Waals surface area contributed by atoms with E-state index >= 15 is 0 Å². The number of anilines is 1. The minimum atomic E-state index is 0.163. The quantitative estimate of drug-likeness (QED) is 0.674. The molecule has 6 nitrogen and oxygen atoms in total. The highest BCUT2D eigenvalue weighted by Gasteiger charge is 2.23. The summed E-state index contributed by atoms with van der Waals surface area (Å²) in [6.07, 6.45) is 2.27. The van der Waals surface area contributed by atoms with Gasteiger partial charge >= 0.3 is 0 Å². The Hall–Kier alpha value is -2.22. The molecule has 154 valence electrons. The number of methoxy groups -OCH3 is 1. The van der Waals surface area contributed by atoms with E-state index in [1.165, 1.54) is 0 Å². The van der Waals surface area contributed by atoms with Gasteiger partial charge in [0.25, 0.3) is 0 Å². The Balaban J connectivity index is 1.52. The van der Waals surface area contributed by atoms with Gasteiger partial charge in [-0.05, 0) is 54.9 Å². The summed E-state index contributed by atoms with van der Waals surface area (Å²) in [5, 5.41) is 4.50. The zero-order valence-electron chi connectivity index (χ0n) is 16.2. The molecular formula is C21H23ClN2O4S. The molecule has 1 saturated heterocycles. The van der Waals surface area contributed by atoms with E-state index in [-0.39, 0.29) is 12.9 Å². The van der Waals surface area contributed by atoms with Crippen LogP contribution >= 0.6 is 23.8 Å². The molecule has 8 heteroatoms. The van der Waals surface area contributed by atoms with Crippen molar-refractivity contribution in [3.05, 3.63) is 47.0 Å². The van der Waals surface area contributed by atoms with Crippen molar-refractivity contribution in [3.8, 4) is 17.2 Å². The second-order valence-electron chi connectivity index (χ2n) is 6.98. The van der Waals surface area contributed by atoms with E-state index in [9.17, 15) is 0 Å². The molecule has 1 N–H and O–H groups in total. The van der Waals surface area contributed by atoms with Crippen LogP contribution in [-0.4, -0.2) is 43.2 Å². The first-order valence-electron chi connectivity index (χ1n) is 9.52. The topological polar surface area (TPSA) is 52.2 Å². The number of hydrogen-bond donors (Lipinski definition) is 1. The Labute approximate surface area is 180 Å². The Kier molecular flexibility index (Phi) is 6.28. The van der Waals surface area contributed by atoms with Crippen LogP contribution in [0.5, 0.6) is 17.2 Å². The lowest BCUT2D eigenvalue weighted by molar-refractivity contribution is 0.0905. The number of rotatable bonds is 6. The Morgan fingerprint density at radius 3 is 2.90 bits per heavy atom. The normalized spacial score (nSPS) is 17.2. The average Bonchev–Trinajstić information content (AvgIpc) is 3.40. The monoisotopic (exact) mass is 434 g/mol. The zero-order valence-corrected chi connectivity index (χ0v) is 17.7. The van der Waals surface area contributed by atoms with E-state index in [4.69, 9.17) is 42.8 Å². The van der Waals surface area contributed by atoms with Gasteiger partial charge in [-0.3, -0.25) is 0 Å². The predicted molar refractivity (Wildman–Crippen MR) is 116 cm³/mol. The van der Waals surface area contributed by atoms with Crippen molar-refractivity contribution in [2.24, 2.45) is 0 Å². The third kappa shape index (κ3) is 4.86. The summed E-state index contributed by atoms with van der Waals surface area (Å²) in [4.78, 5) is 2.11. The summed E-state index contributed by atoms with van der Waals surface area (Å²) in [5.41, 5.74) is 1.85. The second-order valence-corrected chi connectivity index (χ2v) is 7.80. The standard InChI is InChI=1S/C21H23ClN2O4S/c1-25-19-10-15(22)5-6-17(19)23-21(29)24(12-16-3-2-8-26-16)11-14-4-7-18-20(9-14)28-13-27-18/h4-7,9-10,16H,2-3,8,11-13H2,1H3,(H,23,29)/t16-/m1/s1. The number of nitrogens with one attached hydrogen (secondary N) is 1. The fourth-order valence-corrected chi connectivity index (χ4v) is 3.89. The van der Waals surface area contributed by atoms with Crippen molar-refractivity contribution in [1.29, 1.82) is 0 Å². The van der Waals surface area contributed by atoms with Crippen LogP contribution in [0.3, 0.4) is 0 Å². The van der Waals surface area contributed by atoms with Gasteiger partial charge in [0.05, 0.1) is 18.9 Å². The van der Waals surface area contributed by atoms with E-state index in [0.29, 0.717) is 29.0 Å². The molecular weight excluding hydrogens is 412 g/mol. The molecule has 2 aromatic carbocycles. The highest BCUT2D eigenvalue weighted by Crippen LogP contribution is 2.33. The number of hydrogen-bond acceptors (Lipinski definition) is 5. The predicted octanol–water partition coefficient (Wildman–Crippen LogP) is 4.46. The summed E-state index contributed by atoms with van der Waals surface area (Å²) < 4.78 is 22.2. The van der Waals surface area contributed by atoms with Crippen molar-refractivity contribution < 1.29 is 18.9 Å². The van der Waals surface area contributed by atoms with Crippen LogP contribution in [0, 0.1) is 0 Å². The SMILES string of the molecule is COc1cc(Cl)ccc1NC(=S)N(Cc1ccc2c(c1)OCO2)C[C@H]1CCCO1. The number of halogens is 1. The van der Waals surface area contributed by atoms with Gasteiger partial charge in [-0.25, -0.2) is 0 Å². The summed E-state index contributed by atoms with van der Waals surface area (Å²) in [7, 11) is 1.61. The van der Waals surface area contributed by atoms with Crippen molar-refractivity contribution in [2.75, 3.05) is 32.4 Å². The summed E-state index contributed by atoms with van der Waals surface area (Å²) >= 11 is 11.8. The highest BCUT2D eigenvalue weighted by molar-refractivity contribution is 7.80. The van der Waals surface area contributed by atoms with Crippen LogP contribution in [0.4, 0.5) is 5.69 Å². The van der Waals surface area contributed by atoms with Crippen LogP contribution < -0.4 is 19.5 Å². The van der Waals surface area contributed by atoms with Crippen molar-refractivity contribution >= 4 is 34.6 Å². The van der Waals surface area contributed by atoms with E-state index in [1.54, 1.807) is 19.2 Å². The first-order chi connectivity index (χ1) is 14.1. The third-order valence-corrected chi connectivity index (χ3v) is 5.55. The Morgan fingerprint density at radius 2 is 2.10 bits per heavy atom. The van der Waals surface area contributed by atoms with Crippen molar-refractivity contribution in [1.82, 2.24) is 4.90 Å². The molecule has 29 heavy (non-hydrogen) atoms. The fourth-order valence-electron chi connectivity index (χ4n) is 3.48. The number of ether oxygens (including phenoxy) is 4. The average molecular weight is 435 g/mol. The molecule has 0 aromatic heterocycles. The number of thiocarbonyl (C=S) groups is 1. The third-order valence-electron chi connectivity index (χ3n) is 4.95. The number of nitrogens with zero attached hydrogens (tertiary/aromatic N) is 1. The smallest absolute Gasteiger partial charge is 0.231 e. The van der Waals surface area contributed by atoms with Crippen LogP contribution in [0.15, 0.2) is 36.4 Å². The van der Waals surface area contributed by atoms with E-state index in [0.717, 1.165) is 42.2 Å². The molecule has 2 aromatic rings. The second kappa shape index (κ2) is 9.07. The summed E-state index contributed by atoms with van der Waals surface area (Å²) in [6, 6.07) is 11.4. The zero-order chi connectivity index (χ0) is 20.2. The van der Waals surface area contributed by atoms with E-state index in [2.05, 4.69) is 10.2 Å². The maximum Gasteiger partial charge on any atom is 0.231 e. The molecule has 2 aliphatic heterocycles. The summed E-state index contributed by atoms with van der Waals surface area (Å²) in [5.74, 6) is 2.17. The lowest BCUT2D eigenvalue weighted by Crippen LogP contribution is -2.39. The molecule has 0 spiro atoms. The lowest BCUT2D eigenvalue weighted by atomic mass is 10.1. The van der Waals surface area contributed by atoms with Gasteiger partial charge in [0.1, 0.15) is 5.75 Å². The molecule has 0 aliphatic carbocycles. The Bertz CT molecular complexity index is 889. The van der Waals surface area contributed by atoms with Gasteiger partial charge in [-0.2, -0.15) is 0 Å². The molecule has 0 radical (unpaired) electrons. The van der Waals surface area contributed by atoms with Crippen LogP contribution in [0.1, 0.15) is 18.4 Å². The lowest BCUT2D eigenvalue weighted by Gasteiger charge is -2.29. The van der Waals surface area contributed by atoms with Gasteiger partial charge < -0.3 is 29.2 Å². The molecule has 2 heterocycles. The first-order valence-corrected chi connectivity index (χ1v) is 10.3. The largest absolute Gasteiger partial charge is 0.495 e.